The zero-order valence-corrected chi connectivity index (χ0v) is 22.9. The number of benzene rings is 4. The summed E-state index contributed by atoms with van der Waals surface area (Å²) in [7, 11) is 0. The van der Waals surface area contributed by atoms with Crippen LogP contribution < -0.4 is 21.2 Å². The summed E-state index contributed by atoms with van der Waals surface area (Å²) in [5.41, 5.74) is 0.296. The number of nitrogens with one attached hydrogen (secondary N) is 1. The minimum Gasteiger partial charge on any atom is -0.506 e. The molecule has 0 amide bonds. The summed E-state index contributed by atoms with van der Waals surface area (Å²) in [6.07, 6.45) is 0. The van der Waals surface area contributed by atoms with Crippen LogP contribution in [-0.4, -0.2) is 41.6 Å². The van der Waals surface area contributed by atoms with Crippen LogP contribution in [0.2, 0.25) is 0 Å². The van der Waals surface area contributed by atoms with Crippen molar-refractivity contribution in [3.8, 4) is 5.75 Å². The Hall–Kier alpha value is -4.28. The first-order valence-corrected chi connectivity index (χ1v) is 14.6. The third kappa shape index (κ3) is 5.76. The minimum absolute atomic E-state index is 0.0573. The molecule has 0 aliphatic rings. The predicted molar refractivity (Wildman–Crippen MR) is 159 cm³/mol. The van der Waals surface area contributed by atoms with E-state index in [1.165, 1.54) is 6.07 Å². The van der Waals surface area contributed by atoms with E-state index in [0.29, 0.717) is 5.69 Å². The zero-order valence-electron chi connectivity index (χ0n) is 22.0. The maximum absolute atomic E-state index is 14.2. The van der Waals surface area contributed by atoms with Crippen LogP contribution in [0.25, 0.3) is 0 Å². The highest BCUT2D eigenvalue weighted by molar-refractivity contribution is 7.96. The van der Waals surface area contributed by atoms with Gasteiger partial charge in [0, 0.05) is 0 Å². The van der Waals surface area contributed by atoms with Crippen molar-refractivity contribution in [3.63, 3.8) is 0 Å². The van der Waals surface area contributed by atoms with Crippen LogP contribution in [0.3, 0.4) is 0 Å². The lowest BCUT2D eigenvalue weighted by molar-refractivity contribution is -0.143. The Kier molecular flexibility index (Phi) is 9.24. The molecule has 39 heavy (non-hydrogen) atoms. The number of anilines is 1. The van der Waals surface area contributed by atoms with E-state index in [1.807, 2.05) is 91.0 Å². The van der Waals surface area contributed by atoms with Gasteiger partial charge in [-0.05, 0) is 48.8 Å². The van der Waals surface area contributed by atoms with Gasteiger partial charge in [0.25, 0.3) is 0 Å². The number of para-hydroxylation sites is 2. The van der Waals surface area contributed by atoms with Gasteiger partial charge in [0.1, 0.15) is 5.75 Å². The topological polar surface area (TPSA) is 84.9 Å². The number of phenolic OH excluding ortho intramolecular Hbond substituents is 1. The monoisotopic (exact) mass is 541 g/mol. The number of ether oxygens (including phenoxy) is 2. The predicted octanol–water partition coefficient (Wildman–Crippen LogP) is 4.47. The number of rotatable bonds is 10. The van der Waals surface area contributed by atoms with Gasteiger partial charge in [0.05, 0.1) is 24.2 Å². The second kappa shape index (κ2) is 13.0. The quantitative estimate of drug-likeness (QED) is 0.175. The Morgan fingerprint density at radius 1 is 0.692 bits per heavy atom. The molecule has 200 valence electrons. The molecule has 0 radical (unpaired) electrons. The average Bonchev–Trinajstić information content (AvgIpc) is 2.97. The van der Waals surface area contributed by atoms with Crippen molar-refractivity contribution in [3.05, 3.63) is 115 Å². The van der Waals surface area contributed by atoms with E-state index in [-0.39, 0.29) is 24.3 Å². The van der Waals surface area contributed by atoms with Gasteiger partial charge in [-0.2, -0.15) is 0 Å². The summed E-state index contributed by atoms with van der Waals surface area (Å²) in [5, 5.41) is 16.6. The van der Waals surface area contributed by atoms with E-state index in [9.17, 15) is 14.7 Å². The van der Waals surface area contributed by atoms with E-state index in [4.69, 9.17) is 9.47 Å². The van der Waals surface area contributed by atoms with Gasteiger partial charge in [-0.3, -0.25) is 0 Å². The molecular formula is C32H32NO5P. The molecular weight excluding hydrogens is 509 g/mol. The highest BCUT2D eigenvalue weighted by atomic mass is 31.2. The summed E-state index contributed by atoms with van der Waals surface area (Å²) >= 11 is 0. The molecule has 1 atom stereocenters. The van der Waals surface area contributed by atoms with E-state index in [2.05, 4.69) is 5.32 Å². The first kappa shape index (κ1) is 27.7. The molecule has 4 aromatic rings. The van der Waals surface area contributed by atoms with Crippen molar-refractivity contribution in [1.29, 1.82) is 0 Å². The first-order chi connectivity index (χ1) is 19.0. The fourth-order valence-corrected chi connectivity index (χ4v) is 9.17. The number of aromatic hydroxyl groups is 1. The normalized spacial score (nSPS) is 11.7. The maximum atomic E-state index is 14.2. The smallest absolute Gasteiger partial charge is 0.337 e. The van der Waals surface area contributed by atoms with Crippen molar-refractivity contribution in [2.45, 2.75) is 19.9 Å². The van der Waals surface area contributed by atoms with Gasteiger partial charge in [0.2, 0.25) is 0 Å². The molecule has 6 nitrogen and oxygen atoms in total. The van der Waals surface area contributed by atoms with Crippen LogP contribution in [0.5, 0.6) is 5.75 Å². The lowest BCUT2D eigenvalue weighted by atomic mass is 10.1. The number of phenols is 1. The molecule has 4 rings (SSSR count). The Bertz CT molecular complexity index is 1350. The number of hydrogen-bond acceptors (Lipinski definition) is 6. The second-order valence-corrected chi connectivity index (χ2v) is 12.0. The molecule has 2 N–H and O–H groups in total. The Labute approximate surface area is 229 Å². The fourth-order valence-electron chi connectivity index (χ4n) is 4.69. The number of esters is 2. The van der Waals surface area contributed by atoms with Gasteiger partial charge < -0.3 is 19.9 Å². The molecule has 7 heteroatoms. The van der Waals surface area contributed by atoms with Crippen LogP contribution >= 0.6 is 6.89 Å². The van der Waals surface area contributed by atoms with Crippen LogP contribution in [0.4, 0.5) is 5.69 Å². The van der Waals surface area contributed by atoms with Crippen LogP contribution in [0.1, 0.15) is 13.8 Å². The van der Waals surface area contributed by atoms with Gasteiger partial charge in [-0.25, -0.2) is 9.59 Å². The molecule has 0 heterocycles. The van der Waals surface area contributed by atoms with Crippen molar-refractivity contribution in [2.75, 3.05) is 18.5 Å². The average molecular weight is 542 g/mol. The lowest BCUT2D eigenvalue weighted by Gasteiger charge is -2.34. The zero-order chi connectivity index (χ0) is 27.7. The molecule has 0 spiro atoms. The third-order valence-electron chi connectivity index (χ3n) is 6.28. The van der Waals surface area contributed by atoms with E-state index < -0.39 is 24.9 Å². The number of carbonyl (C=O) groups excluding carboxylic acids is 2. The Morgan fingerprint density at radius 2 is 1.13 bits per heavy atom. The summed E-state index contributed by atoms with van der Waals surface area (Å²) in [5.74, 6) is -1.31. The molecule has 0 aliphatic heterocycles. The molecule has 4 aromatic carbocycles. The van der Waals surface area contributed by atoms with E-state index in [0.717, 1.165) is 15.9 Å². The lowest BCUT2D eigenvalue weighted by Crippen LogP contribution is -2.48. The summed E-state index contributed by atoms with van der Waals surface area (Å²) in [6.45, 7) is 0.643. The van der Waals surface area contributed by atoms with Crippen molar-refractivity contribution < 1.29 is 24.2 Å². The molecule has 0 saturated carbocycles. The largest absolute Gasteiger partial charge is 0.506 e. The molecule has 1 unspecified atom stereocenters. The number of hydrogen-bond donors (Lipinski definition) is 2. The Balaban J connectivity index is 2.24. The molecule has 0 saturated heterocycles. The van der Waals surface area contributed by atoms with E-state index in [1.54, 1.807) is 32.0 Å². The van der Waals surface area contributed by atoms with Gasteiger partial charge in [0.15, 0.2) is 6.04 Å². The standard InChI is InChI=1S/C32H32NO5P/c1-3-37-31(35)29(33-27-22-14-15-23-28(27)34)30(32(36)38-4-2)39(24-16-8-5-9-17-24,25-18-10-6-11-19-25)26-20-12-7-13-21-26/h5-23,29,33-34H,3-4H2,1-2H3. The van der Waals surface area contributed by atoms with Gasteiger partial charge >= 0.3 is 11.9 Å². The summed E-state index contributed by atoms with van der Waals surface area (Å²) in [6, 6.07) is 34.5. The SMILES string of the molecule is CCOC(=O)C(C(Nc1ccccc1O)C(=O)OCC)=P(c1ccccc1)(c1ccccc1)c1ccccc1. The van der Waals surface area contributed by atoms with Crippen LogP contribution in [0, 0.1) is 0 Å². The van der Waals surface area contributed by atoms with Crippen LogP contribution in [-0.2, 0) is 19.1 Å². The molecule has 0 bridgehead atoms. The minimum atomic E-state index is -3.04. The van der Waals surface area contributed by atoms with Crippen LogP contribution in [0.15, 0.2) is 115 Å². The molecule has 0 aliphatic carbocycles. The van der Waals surface area contributed by atoms with Crippen molar-refractivity contribution in [2.24, 2.45) is 0 Å². The maximum Gasteiger partial charge on any atom is 0.337 e. The van der Waals surface area contributed by atoms with Gasteiger partial charge in [-0.1, -0.05) is 103 Å². The molecule has 0 fully saturated rings. The second-order valence-electron chi connectivity index (χ2n) is 8.63. The highest BCUT2D eigenvalue weighted by Gasteiger charge is 2.41. The van der Waals surface area contributed by atoms with Gasteiger partial charge in [-0.15, -0.1) is 0 Å². The van der Waals surface area contributed by atoms with Crippen molar-refractivity contribution >= 4 is 45.7 Å². The highest BCUT2D eigenvalue weighted by Crippen LogP contribution is 2.47. The fraction of sp³-hybridized carbons (Fsp3) is 0.156. The summed E-state index contributed by atoms with van der Waals surface area (Å²) in [4.78, 5) is 28.0. The Morgan fingerprint density at radius 3 is 1.56 bits per heavy atom. The first-order valence-electron chi connectivity index (χ1n) is 12.9. The number of carbonyl (C=O) groups is 2. The summed E-state index contributed by atoms with van der Waals surface area (Å²) < 4.78 is 11.2. The van der Waals surface area contributed by atoms with E-state index >= 15 is 0 Å². The molecule has 0 aromatic heterocycles. The third-order valence-corrected chi connectivity index (χ3v) is 10.7. The van der Waals surface area contributed by atoms with Crippen molar-refractivity contribution in [1.82, 2.24) is 0 Å².